The molecule has 0 aliphatic heterocycles. The van der Waals surface area contributed by atoms with Gasteiger partial charge in [0.05, 0.1) is 16.6 Å². The minimum atomic E-state index is -0.672. The molecule has 0 saturated carbocycles. The van der Waals surface area contributed by atoms with Gasteiger partial charge in [0.25, 0.3) is 5.91 Å². The van der Waals surface area contributed by atoms with Crippen molar-refractivity contribution in [2.75, 3.05) is 0 Å². The molecule has 120 valence electrons. The number of benzene rings is 1. The molecule has 0 fully saturated rings. The van der Waals surface area contributed by atoms with Crippen LogP contribution in [-0.4, -0.2) is 15.7 Å². The predicted molar refractivity (Wildman–Crippen MR) is 85.6 cm³/mol. The molecule has 3 aromatic rings. The number of amides is 1. The van der Waals surface area contributed by atoms with Crippen LogP contribution in [0, 0.1) is 18.6 Å². The summed E-state index contributed by atoms with van der Waals surface area (Å²) < 4.78 is 28.5. The fraction of sp³-hybridized carbons (Fsp3) is 0.250. The van der Waals surface area contributed by atoms with Crippen LogP contribution < -0.4 is 5.32 Å². The number of nitrogens with one attached hydrogen (secondary N) is 1. The van der Waals surface area contributed by atoms with Crippen molar-refractivity contribution < 1.29 is 13.6 Å². The summed E-state index contributed by atoms with van der Waals surface area (Å²) in [7, 11) is 1.82. The third-order valence-electron chi connectivity index (χ3n) is 3.70. The van der Waals surface area contributed by atoms with Crippen LogP contribution in [0.3, 0.4) is 0 Å². The number of carbonyl (C=O) groups excluding carboxylic acids is 1. The van der Waals surface area contributed by atoms with Gasteiger partial charge in [-0.1, -0.05) is 6.07 Å². The second-order valence-corrected chi connectivity index (χ2v) is 6.43. The van der Waals surface area contributed by atoms with Crippen molar-refractivity contribution >= 4 is 27.5 Å². The molecule has 0 saturated heterocycles. The van der Waals surface area contributed by atoms with Crippen LogP contribution in [0.1, 0.15) is 33.9 Å². The van der Waals surface area contributed by atoms with Crippen LogP contribution >= 0.6 is 11.3 Å². The summed E-state index contributed by atoms with van der Waals surface area (Å²) in [4.78, 5) is 13.8. The fourth-order valence-corrected chi connectivity index (χ4v) is 3.54. The molecular formula is C16H15F2N3OS. The summed E-state index contributed by atoms with van der Waals surface area (Å²) in [5, 5.41) is 7.96. The first-order chi connectivity index (χ1) is 10.9. The van der Waals surface area contributed by atoms with Gasteiger partial charge in [-0.05, 0) is 26.0 Å². The molecule has 0 aliphatic carbocycles. The highest BCUT2D eigenvalue weighted by Gasteiger charge is 2.19. The number of nitrogens with zero attached hydrogens (tertiary/aromatic N) is 2. The Hall–Kier alpha value is -2.28. The average Bonchev–Trinajstić information content (AvgIpc) is 3.01. The maximum Gasteiger partial charge on any atom is 0.261 e. The molecule has 1 N–H and O–H groups in total. The van der Waals surface area contributed by atoms with Crippen LogP contribution in [0.4, 0.5) is 8.78 Å². The van der Waals surface area contributed by atoms with Crippen LogP contribution in [-0.2, 0) is 7.05 Å². The van der Waals surface area contributed by atoms with Gasteiger partial charge in [0.2, 0.25) is 0 Å². The van der Waals surface area contributed by atoms with E-state index in [0.29, 0.717) is 4.88 Å². The third-order valence-corrected chi connectivity index (χ3v) is 4.90. The van der Waals surface area contributed by atoms with Crippen molar-refractivity contribution in [3.05, 3.63) is 52.0 Å². The normalized spacial score (nSPS) is 12.6. The maximum absolute atomic E-state index is 13.8. The van der Waals surface area contributed by atoms with E-state index in [2.05, 4.69) is 10.4 Å². The first-order valence-corrected chi connectivity index (χ1v) is 7.87. The average molecular weight is 335 g/mol. The number of rotatable bonds is 3. The highest BCUT2D eigenvalue weighted by atomic mass is 32.1. The second-order valence-electron chi connectivity index (χ2n) is 5.40. The smallest absolute Gasteiger partial charge is 0.261 e. The molecule has 1 aromatic carbocycles. The molecule has 0 spiro atoms. The number of hydrogen-bond acceptors (Lipinski definition) is 3. The van der Waals surface area contributed by atoms with Crippen LogP contribution in [0.5, 0.6) is 0 Å². The minimum Gasteiger partial charge on any atom is -0.345 e. The Bertz CT molecular complexity index is 866. The Morgan fingerprint density at radius 3 is 2.74 bits per heavy atom. The quantitative estimate of drug-likeness (QED) is 0.793. The van der Waals surface area contributed by atoms with Crippen molar-refractivity contribution in [1.29, 1.82) is 0 Å². The van der Waals surface area contributed by atoms with Gasteiger partial charge in [0, 0.05) is 24.1 Å². The molecule has 1 amide bonds. The lowest BCUT2D eigenvalue weighted by Crippen LogP contribution is -2.26. The third kappa shape index (κ3) is 2.84. The number of thiophene rings is 1. The van der Waals surface area contributed by atoms with Gasteiger partial charge >= 0.3 is 0 Å². The van der Waals surface area contributed by atoms with E-state index in [4.69, 9.17) is 0 Å². The van der Waals surface area contributed by atoms with Crippen LogP contribution in [0.15, 0.2) is 24.3 Å². The van der Waals surface area contributed by atoms with Gasteiger partial charge in [-0.15, -0.1) is 11.3 Å². The second kappa shape index (κ2) is 5.73. The van der Waals surface area contributed by atoms with E-state index in [1.54, 1.807) is 17.7 Å². The van der Waals surface area contributed by atoms with Crippen LogP contribution in [0.25, 0.3) is 10.2 Å². The van der Waals surface area contributed by atoms with E-state index in [0.717, 1.165) is 22.0 Å². The Kier molecular flexibility index (Phi) is 3.89. The van der Waals surface area contributed by atoms with E-state index in [1.165, 1.54) is 23.5 Å². The van der Waals surface area contributed by atoms with Crippen LogP contribution in [0.2, 0.25) is 0 Å². The Labute approximate surface area is 135 Å². The Balaban J connectivity index is 1.83. The monoisotopic (exact) mass is 335 g/mol. The highest BCUT2D eigenvalue weighted by molar-refractivity contribution is 7.20. The molecular weight excluding hydrogens is 320 g/mol. The highest BCUT2D eigenvalue weighted by Crippen LogP contribution is 2.28. The molecule has 2 aromatic heterocycles. The zero-order valence-electron chi connectivity index (χ0n) is 12.9. The Morgan fingerprint density at radius 1 is 1.35 bits per heavy atom. The number of aromatic nitrogens is 2. The lowest BCUT2D eigenvalue weighted by atomic mass is 10.1. The van der Waals surface area contributed by atoms with Crippen molar-refractivity contribution in [3.8, 4) is 0 Å². The lowest BCUT2D eigenvalue weighted by molar-refractivity contribution is 0.0943. The summed E-state index contributed by atoms with van der Waals surface area (Å²) in [6.07, 6.45) is 0. The number of aryl methyl sites for hydroxylation is 2. The first-order valence-electron chi connectivity index (χ1n) is 7.05. The predicted octanol–water partition coefficient (Wildman–Crippen LogP) is 3.71. The first kappa shape index (κ1) is 15.6. The molecule has 0 radical (unpaired) electrons. The van der Waals surface area contributed by atoms with Gasteiger partial charge < -0.3 is 5.32 Å². The van der Waals surface area contributed by atoms with E-state index < -0.39 is 17.7 Å². The number of fused-ring (bicyclic) bond motifs is 1. The number of hydrogen-bond donors (Lipinski definition) is 1. The van der Waals surface area contributed by atoms with Gasteiger partial charge in [-0.2, -0.15) is 5.10 Å². The van der Waals surface area contributed by atoms with Gasteiger partial charge in [0.1, 0.15) is 16.5 Å². The van der Waals surface area contributed by atoms with Gasteiger partial charge in [0.15, 0.2) is 0 Å². The summed E-state index contributed by atoms with van der Waals surface area (Å²) >= 11 is 1.33. The molecule has 0 aliphatic rings. The molecule has 23 heavy (non-hydrogen) atoms. The lowest BCUT2D eigenvalue weighted by Gasteiger charge is -2.14. The molecule has 7 heteroatoms. The molecule has 0 unspecified atom stereocenters. The maximum atomic E-state index is 13.8. The van der Waals surface area contributed by atoms with Crippen molar-refractivity contribution in [2.24, 2.45) is 7.05 Å². The SMILES string of the molecule is Cc1nn(C)c2sc(C(=O)N[C@H](C)c3ccc(F)cc3F)cc12. The van der Waals surface area contributed by atoms with E-state index in [1.807, 2.05) is 14.0 Å². The van der Waals surface area contributed by atoms with E-state index in [-0.39, 0.29) is 11.5 Å². The zero-order chi connectivity index (χ0) is 16.7. The van der Waals surface area contributed by atoms with Gasteiger partial charge in [-0.3, -0.25) is 9.48 Å². The van der Waals surface area contributed by atoms with E-state index >= 15 is 0 Å². The summed E-state index contributed by atoms with van der Waals surface area (Å²) in [5.74, 6) is -1.60. The summed E-state index contributed by atoms with van der Waals surface area (Å²) in [6, 6.07) is 4.55. The molecule has 2 heterocycles. The molecule has 1 atom stereocenters. The van der Waals surface area contributed by atoms with Crippen molar-refractivity contribution in [2.45, 2.75) is 19.9 Å². The zero-order valence-corrected chi connectivity index (χ0v) is 13.7. The Morgan fingerprint density at radius 2 is 2.09 bits per heavy atom. The van der Waals surface area contributed by atoms with Crippen molar-refractivity contribution in [3.63, 3.8) is 0 Å². The molecule has 3 rings (SSSR count). The van der Waals surface area contributed by atoms with Crippen molar-refractivity contribution in [1.82, 2.24) is 15.1 Å². The van der Waals surface area contributed by atoms with Gasteiger partial charge in [-0.25, -0.2) is 8.78 Å². The number of carbonyl (C=O) groups is 1. The summed E-state index contributed by atoms with van der Waals surface area (Å²) in [6.45, 7) is 3.54. The van der Waals surface area contributed by atoms with E-state index in [9.17, 15) is 13.6 Å². The standard InChI is InChI=1S/C16H15F2N3OS/c1-8(11-5-4-10(17)6-13(11)18)19-15(22)14-7-12-9(2)20-21(3)16(12)23-14/h4-8H,1-3H3,(H,19,22)/t8-/m1/s1. The molecule has 4 nitrogen and oxygen atoms in total. The minimum absolute atomic E-state index is 0.249. The topological polar surface area (TPSA) is 46.9 Å². The summed E-state index contributed by atoms with van der Waals surface area (Å²) in [5.41, 5.74) is 1.11. The molecule has 0 bridgehead atoms. The largest absolute Gasteiger partial charge is 0.345 e. The number of halogens is 2. The fourth-order valence-electron chi connectivity index (χ4n) is 2.52.